The van der Waals surface area contributed by atoms with Gasteiger partial charge in [-0.1, -0.05) is 24.3 Å². The lowest BCUT2D eigenvalue weighted by Gasteiger charge is -2.05. The summed E-state index contributed by atoms with van der Waals surface area (Å²) in [6.07, 6.45) is 1.86. The van der Waals surface area contributed by atoms with Crippen LogP contribution in [0.25, 0.3) is 0 Å². The Hall–Kier alpha value is -1.15. The van der Waals surface area contributed by atoms with Crippen molar-refractivity contribution >= 4 is 6.21 Å². The van der Waals surface area contributed by atoms with E-state index in [1.54, 1.807) is 0 Å². The summed E-state index contributed by atoms with van der Waals surface area (Å²) in [5, 5.41) is 0. The van der Waals surface area contributed by atoms with Crippen molar-refractivity contribution in [3.05, 3.63) is 35.9 Å². The van der Waals surface area contributed by atoms with Crippen molar-refractivity contribution in [2.75, 3.05) is 27.2 Å². The van der Waals surface area contributed by atoms with Gasteiger partial charge in [0.2, 0.25) is 0 Å². The third kappa shape index (κ3) is 4.43. The SMILES string of the molecule is CN(C)CCN=Cc1[c]cccc1. The fourth-order valence-electron chi connectivity index (χ4n) is 0.908. The van der Waals surface area contributed by atoms with Gasteiger partial charge in [0.1, 0.15) is 0 Å². The van der Waals surface area contributed by atoms with E-state index in [1.807, 2.05) is 44.6 Å². The molecule has 0 spiro atoms. The number of aliphatic imine (C=N–C) groups is 1. The molecule has 1 radical (unpaired) electrons. The van der Waals surface area contributed by atoms with Gasteiger partial charge >= 0.3 is 0 Å². The Labute approximate surface area is 79.9 Å². The predicted octanol–water partition coefficient (Wildman–Crippen LogP) is 1.47. The van der Waals surface area contributed by atoms with Crippen LogP contribution in [0.15, 0.2) is 29.3 Å². The molecule has 0 aliphatic rings. The van der Waals surface area contributed by atoms with Crippen LogP contribution in [-0.2, 0) is 0 Å². The summed E-state index contributed by atoms with van der Waals surface area (Å²) >= 11 is 0. The Balaban J connectivity index is 2.33. The Morgan fingerprint density at radius 3 is 2.92 bits per heavy atom. The average Bonchev–Trinajstić information content (AvgIpc) is 2.14. The van der Waals surface area contributed by atoms with Gasteiger partial charge in [0.25, 0.3) is 0 Å². The van der Waals surface area contributed by atoms with Crippen LogP contribution in [0.1, 0.15) is 5.56 Å². The maximum Gasteiger partial charge on any atom is 0.0516 e. The molecule has 0 saturated carbocycles. The molecule has 0 fully saturated rings. The molecule has 2 nitrogen and oxygen atoms in total. The van der Waals surface area contributed by atoms with E-state index in [0.29, 0.717) is 0 Å². The van der Waals surface area contributed by atoms with Crippen LogP contribution in [0.3, 0.4) is 0 Å². The Bertz CT molecular complexity index is 252. The molecule has 0 bridgehead atoms. The Morgan fingerprint density at radius 2 is 2.31 bits per heavy atom. The van der Waals surface area contributed by atoms with Crippen LogP contribution in [0.2, 0.25) is 0 Å². The molecule has 0 unspecified atom stereocenters. The zero-order valence-corrected chi connectivity index (χ0v) is 8.20. The summed E-state index contributed by atoms with van der Waals surface area (Å²) in [6, 6.07) is 10.9. The summed E-state index contributed by atoms with van der Waals surface area (Å²) in [6.45, 7) is 1.83. The second-order valence-electron chi connectivity index (χ2n) is 3.16. The highest BCUT2D eigenvalue weighted by Gasteiger charge is 1.86. The molecule has 69 valence electrons. The number of benzene rings is 1. The quantitative estimate of drug-likeness (QED) is 0.633. The Morgan fingerprint density at radius 1 is 1.46 bits per heavy atom. The fourth-order valence-corrected chi connectivity index (χ4v) is 0.908. The lowest BCUT2D eigenvalue weighted by molar-refractivity contribution is 0.421. The number of hydrogen-bond donors (Lipinski definition) is 0. The molecule has 1 aromatic carbocycles. The van der Waals surface area contributed by atoms with Crippen molar-refractivity contribution in [3.63, 3.8) is 0 Å². The van der Waals surface area contributed by atoms with Gasteiger partial charge in [-0.2, -0.15) is 0 Å². The largest absolute Gasteiger partial charge is 0.308 e. The van der Waals surface area contributed by atoms with Crippen molar-refractivity contribution in [3.8, 4) is 0 Å². The molecule has 2 heteroatoms. The second kappa shape index (κ2) is 5.49. The summed E-state index contributed by atoms with van der Waals surface area (Å²) < 4.78 is 0. The molecule has 1 aromatic rings. The highest BCUT2D eigenvalue weighted by atomic mass is 15.1. The monoisotopic (exact) mass is 175 g/mol. The molecule has 0 aliphatic carbocycles. The molecule has 0 heterocycles. The molecule has 0 saturated heterocycles. The van der Waals surface area contributed by atoms with Gasteiger partial charge in [-0.25, -0.2) is 0 Å². The summed E-state index contributed by atoms with van der Waals surface area (Å²) in [7, 11) is 4.09. The van der Waals surface area contributed by atoms with Crippen LogP contribution < -0.4 is 0 Å². The van der Waals surface area contributed by atoms with Crippen LogP contribution in [0.4, 0.5) is 0 Å². The van der Waals surface area contributed by atoms with E-state index in [0.717, 1.165) is 18.7 Å². The van der Waals surface area contributed by atoms with Crippen molar-refractivity contribution in [1.29, 1.82) is 0 Å². The molecule has 0 aromatic heterocycles. The zero-order valence-electron chi connectivity index (χ0n) is 8.20. The maximum atomic E-state index is 4.28. The third-order valence-corrected chi connectivity index (χ3v) is 1.64. The van der Waals surface area contributed by atoms with Gasteiger partial charge in [0.15, 0.2) is 0 Å². The number of hydrogen-bond acceptors (Lipinski definition) is 2. The van der Waals surface area contributed by atoms with Gasteiger partial charge < -0.3 is 4.90 Å². The minimum atomic E-state index is 0.843. The van der Waals surface area contributed by atoms with Gasteiger partial charge in [-0.15, -0.1) is 0 Å². The standard InChI is InChI=1S/C11H15N2/c1-13(2)9-8-12-10-11-6-4-3-5-7-11/h3-6,10H,8-9H2,1-2H3. The van der Waals surface area contributed by atoms with Crippen LogP contribution in [0, 0.1) is 6.07 Å². The molecule has 13 heavy (non-hydrogen) atoms. The lowest BCUT2D eigenvalue weighted by atomic mass is 10.2. The summed E-state index contributed by atoms with van der Waals surface area (Å²) in [5.41, 5.74) is 1.04. The molecule has 0 atom stereocenters. The molecule has 0 aliphatic heterocycles. The van der Waals surface area contributed by atoms with Gasteiger partial charge in [-0.05, 0) is 20.2 Å². The van der Waals surface area contributed by atoms with E-state index in [9.17, 15) is 0 Å². The van der Waals surface area contributed by atoms with Crippen molar-refractivity contribution in [2.45, 2.75) is 0 Å². The van der Waals surface area contributed by atoms with Gasteiger partial charge in [-0.3, -0.25) is 4.99 Å². The first-order chi connectivity index (χ1) is 6.29. The smallest absolute Gasteiger partial charge is 0.0516 e. The number of likely N-dealkylation sites (N-methyl/N-ethyl adjacent to an activating group) is 1. The highest BCUT2D eigenvalue weighted by molar-refractivity contribution is 5.78. The predicted molar refractivity (Wildman–Crippen MR) is 56.3 cm³/mol. The van der Waals surface area contributed by atoms with Crippen molar-refractivity contribution < 1.29 is 0 Å². The summed E-state index contributed by atoms with van der Waals surface area (Å²) in [4.78, 5) is 6.40. The fraction of sp³-hybridized carbons (Fsp3) is 0.364. The van der Waals surface area contributed by atoms with E-state index in [-0.39, 0.29) is 0 Å². The van der Waals surface area contributed by atoms with E-state index >= 15 is 0 Å². The van der Waals surface area contributed by atoms with Crippen molar-refractivity contribution in [1.82, 2.24) is 4.90 Å². The topological polar surface area (TPSA) is 15.6 Å². The minimum Gasteiger partial charge on any atom is -0.308 e. The Kier molecular flexibility index (Phi) is 4.19. The first kappa shape index (κ1) is 9.93. The molecular formula is C11H15N2. The van der Waals surface area contributed by atoms with Crippen LogP contribution >= 0.6 is 0 Å². The molecule has 1 rings (SSSR count). The first-order valence-electron chi connectivity index (χ1n) is 4.40. The van der Waals surface area contributed by atoms with Crippen LogP contribution in [0.5, 0.6) is 0 Å². The minimum absolute atomic E-state index is 0.843. The maximum absolute atomic E-state index is 4.28. The zero-order chi connectivity index (χ0) is 9.52. The molecule has 0 N–H and O–H groups in total. The number of rotatable bonds is 4. The van der Waals surface area contributed by atoms with Crippen molar-refractivity contribution in [2.24, 2.45) is 4.99 Å². The molecule has 0 amide bonds. The van der Waals surface area contributed by atoms with E-state index in [2.05, 4.69) is 16.0 Å². The van der Waals surface area contributed by atoms with Crippen LogP contribution in [-0.4, -0.2) is 38.3 Å². The van der Waals surface area contributed by atoms with Gasteiger partial charge in [0, 0.05) is 18.3 Å². The average molecular weight is 175 g/mol. The second-order valence-corrected chi connectivity index (χ2v) is 3.16. The van der Waals surface area contributed by atoms with E-state index in [1.165, 1.54) is 0 Å². The summed E-state index contributed by atoms with van der Waals surface area (Å²) in [5.74, 6) is 0. The third-order valence-electron chi connectivity index (χ3n) is 1.64. The highest BCUT2D eigenvalue weighted by Crippen LogP contribution is 1.92. The molecular weight excluding hydrogens is 160 g/mol. The van der Waals surface area contributed by atoms with E-state index < -0.39 is 0 Å². The first-order valence-corrected chi connectivity index (χ1v) is 4.40. The van der Waals surface area contributed by atoms with Gasteiger partial charge in [0.05, 0.1) is 6.54 Å². The van der Waals surface area contributed by atoms with E-state index in [4.69, 9.17) is 0 Å². The normalized spacial score (nSPS) is 11.3. The number of nitrogens with zero attached hydrogens (tertiary/aromatic N) is 2. The lowest BCUT2D eigenvalue weighted by Crippen LogP contribution is -2.15.